The maximum atomic E-state index is 12.1. The Morgan fingerprint density at radius 2 is 2.04 bits per heavy atom. The van der Waals surface area contributed by atoms with Crippen molar-refractivity contribution in [3.63, 3.8) is 0 Å². The normalized spacial score (nSPS) is 17.5. The van der Waals surface area contributed by atoms with E-state index in [0.29, 0.717) is 12.8 Å². The Balaban J connectivity index is 1.79. The quantitative estimate of drug-likeness (QED) is 0.565. The van der Waals surface area contributed by atoms with E-state index in [1.807, 2.05) is 0 Å². The third-order valence-electron chi connectivity index (χ3n) is 4.56. The fourth-order valence-electron chi connectivity index (χ4n) is 3.03. The number of phenols is 1. The van der Waals surface area contributed by atoms with Crippen molar-refractivity contribution in [2.45, 2.75) is 38.1 Å². The van der Waals surface area contributed by atoms with Crippen LogP contribution in [-0.2, 0) is 25.5 Å². The van der Waals surface area contributed by atoms with Gasteiger partial charge in [-0.2, -0.15) is 0 Å². The Kier molecular flexibility index (Phi) is 7.59. The number of hydrogen-bond acceptors (Lipinski definition) is 6. The molecule has 142 valence electrons. The van der Waals surface area contributed by atoms with Gasteiger partial charge >= 0.3 is 5.97 Å². The highest BCUT2D eigenvalue weighted by molar-refractivity contribution is 5.88. The lowest BCUT2D eigenvalue weighted by Crippen LogP contribution is -2.42. The van der Waals surface area contributed by atoms with Crippen molar-refractivity contribution in [1.82, 2.24) is 10.6 Å². The average Bonchev–Trinajstić information content (AvgIpc) is 3.18. The number of rotatable bonds is 9. The highest BCUT2D eigenvalue weighted by Gasteiger charge is 2.23. The van der Waals surface area contributed by atoms with Crippen LogP contribution in [0.5, 0.6) is 5.75 Å². The summed E-state index contributed by atoms with van der Waals surface area (Å²) in [6, 6.07) is 6.38. The second-order valence-corrected chi connectivity index (χ2v) is 6.53. The van der Waals surface area contributed by atoms with Gasteiger partial charge in [-0.25, -0.2) is 0 Å². The minimum Gasteiger partial charge on any atom is -0.508 e. The topological polar surface area (TPSA) is 105 Å². The first-order valence-corrected chi connectivity index (χ1v) is 8.88. The number of amides is 1. The Morgan fingerprint density at radius 3 is 2.65 bits per heavy atom. The number of aromatic hydroxyl groups is 1. The van der Waals surface area contributed by atoms with Crippen LogP contribution in [0.3, 0.4) is 0 Å². The standard InChI is InChI=1S/C19H26N2O5/c1-26-19(25)14(11-13-4-7-15(22)8-5-13)6-9-16(23)12-21-18(24)17-3-2-10-20-17/h4-5,7-8,14,17,20,22H,2-3,6,9-12H2,1H3,(H,21,24)/t14-,17-/m0/s1. The SMILES string of the molecule is COC(=O)[C@@H](CCC(=O)CNC(=O)[C@@H]1CCCN1)Cc1ccc(O)cc1. The first kappa shape index (κ1) is 19.9. The second kappa shape index (κ2) is 9.91. The maximum absolute atomic E-state index is 12.1. The highest BCUT2D eigenvalue weighted by Crippen LogP contribution is 2.18. The van der Waals surface area contributed by atoms with Crippen molar-refractivity contribution in [1.29, 1.82) is 0 Å². The van der Waals surface area contributed by atoms with Crippen molar-refractivity contribution in [3.8, 4) is 5.75 Å². The Bertz CT molecular complexity index is 623. The number of carbonyl (C=O) groups is 3. The molecule has 7 nitrogen and oxygen atoms in total. The van der Waals surface area contributed by atoms with Crippen LogP contribution in [0.1, 0.15) is 31.2 Å². The molecule has 1 aliphatic heterocycles. The Labute approximate surface area is 153 Å². The van der Waals surface area contributed by atoms with Gasteiger partial charge in [0, 0.05) is 6.42 Å². The molecule has 0 aromatic heterocycles. The first-order chi connectivity index (χ1) is 12.5. The Hall–Kier alpha value is -2.41. The predicted molar refractivity (Wildman–Crippen MR) is 95.6 cm³/mol. The van der Waals surface area contributed by atoms with E-state index in [9.17, 15) is 19.5 Å². The van der Waals surface area contributed by atoms with E-state index in [-0.39, 0.29) is 42.4 Å². The third kappa shape index (κ3) is 6.15. The van der Waals surface area contributed by atoms with E-state index in [1.54, 1.807) is 24.3 Å². The molecule has 1 fully saturated rings. The molecule has 7 heteroatoms. The Morgan fingerprint density at radius 1 is 1.31 bits per heavy atom. The first-order valence-electron chi connectivity index (χ1n) is 8.88. The summed E-state index contributed by atoms with van der Waals surface area (Å²) in [5.74, 6) is -0.919. The number of Topliss-reactive ketones (excluding diaryl/α,β-unsaturated/α-hetero) is 1. The van der Waals surface area contributed by atoms with Crippen LogP contribution in [-0.4, -0.2) is 49.0 Å². The van der Waals surface area contributed by atoms with Gasteiger partial charge in [0.25, 0.3) is 0 Å². The maximum Gasteiger partial charge on any atom is 0.309 e. The molecular weight excluding hydrogens is 336 g/mol. The lowest BCUT2D eigenvalue weighted by Gasteiger charge is -2.15. The van der Waals surface area contributed by atoms with Gasteiger partial charge in [0.15, 0.2) is 5.78 Å². The molecule has 1 amide bonds. The smallest absolute Gasteiger partial charge is 0.309 e. The fraction of sp³-hybridized carbons (Fsp3) is 0.526. The molecule has 1 aliphatic rings. The van der Waals surface area contributed by atoms with E-state index in [2.05, 4.69) is 10.6 Å². The van der Waals surface area contributed by atoms with E-state index in [0.717, 1.165) is 24.9 Å². The van der Waals surface area contributed by atoms with Crippen molar-refractivity contribution in [2.24, 2.45) is 5.92 Å². The number of benzene rings is 1. The molecule has 0 radical (unpaired) electrons. The van der Waals surface area contributed by atoms with Gasteiger partial charge in [0.2, 0.25) is 5.91 Å². The van der Waals surface area contributed by atoms with E-state index in [4.69, 9.17) is 4.74 Å². The van der Waals surface area contributed by atoms with Crippen LogP contribution in [0.4, 0.5) is 0 Å². The zero-order valence-corrected chi connectivity index (χ0v) is 15.0. The fourth-order valence-corrected chi connectivity index (χ4v) is 3.03. The van der Waals surface area contributed by atoms with Gasteiger partial charge < -0.3 is 20.5 Å². The minimum absolute atomic E-state index is 0.0237. The summed E-state index contributed by atoms with van der Waals surface area (Å²) < 4.78 is 4.83. The third-order valence-corrected chi connectivity index (χ3v) is 4.56. The molecule has 0 saturated carbocycles. The molecule has 1 heterocycles. The number of nitrogens with one attached hydrogen (secondary N) is 2. The summed E-state index contributed by atoms with van der Waals surface area (Å²) in [4.78, 5) is 35.9. The van der Waals surface area contributed by atoms with Crippen molar-refractivity contribution < 1.29 is 24.2 Å². The summed E-state index contributed by atoms with van der Waals surface area (Å²) in [6.45, 7) is 0.800. The molecule has 0 unspecified atom stereocenters. The van der Waals surface area contributed by atoms with Crippen molar-refractivity contribution in [2.75, 3.05) is 20.2 Å². The molecular formula is C19H26N2O5. The summed E-state index contributed by atoms with van der Waals surface area (Å²) >= 11 is 0. The number of hydrogen-bond donors (Lipinski definition) is 3. The second-order valence-electron chi connectivity index (χ2n) is 6.53. The van der Waals surface area contributed by atoms with Crippen LogP contribution in [0.15, 0.2) is 24.3 Å². The lowest BCUT2D eigenvalue weighted by atomic mass is 9.93. The summed E-state index contributed by atoms with van der Waals surface area (Å²) in [5.41, 5.74) is 0.881. The minimum atomic E-state index is -0.444. The van der Waals surface area contributed by atoms with Crippen LogP contribution in [0.25, 0.3) is 0 Å². The lowest BCUT2D eigenvalue weighted by molar-refractivity contribution is -0.145. The number of ether oxygens (including phenoxy) is 1. The van der Waals surface area contributed by atoms with Gasteiger partial charge in [0.05, 0.1) is 25.6 Å². The van der Waals surface area contributed by atoms with Gasteiger partial charge in [-0.3, -0.25) is 14.4 Å². The van der Waals surface area contributed by atoms with Gasteiger partial charge in [-0.1, -0.05) is 12.1 Å². The summed E-state index contributed by atoms with van der Waals surface area (Å²) in [7, 11) is 1.32. The molecule has 3 N–H and O–H groups in total. The van der Waals surface area contributed by atoms with E-state index in [1.165, 1.54) is 7.11 Å². The van der Waals surface area contributed by atoms with Crippen LogP contribution in [0.2, 0.25) is 0 Å². The van der Waals surface area contributed by atoms with Crippen LogP contribution >= 0.6 is 0 Å². The number of ketones is 1. The van der Waals surface area contributed by atoms with Crippen molar-refractivity contribution in [3.05, 3.63) is 29.8 Å². The molecule has 0 bridgehead atoms. The monoisotopic (exact) mass is 362 g/mol. The number of phenolic OH excluding ortho intramolecular Hbond substituents is 1. The highest BCUT2D eigenvalue weighted by atomic mass is 16.5. The molecule has 2 rings (SSSR count). The van der Waals surface area contributed by atoms with Gasteiger partial charge in [-0.05, 0) is 49.9 Å². The zero-order valence-electron chi connectivity index (χ0n) is 15.0. The van der Waals surface area contributed by atoms with Gasteiger partial charge in [0.1, 0.15) is 5.75 Å². The average molecular weight is 362 g/mol. The molecule has 0 aliphatic carbocycles. The largest absolute Gasteiger partial charge is 0.508 e. The number of methoxy groups -OCH3 is 1. The van der Waals surface area contributed by atoms with Crippen LogP contribution < -0.4 is 10.6 Å². The van der Waals surface area contributed by atoms with Crippen LogP contribution in [0, 0.1) is 5.92 Å². The molecule has 1 aromatic carbocycles. The van der Waals surface area contributed by atoms with E-state index >= 15 is 0 Å². The predicted octanol–water partition coefficient (Wildman–Crippen LogP) is 0.941. The van der Waals surface area contributed by atoms with Crippen molar-refractivity contribution >= 4 is 17.7 Å². The summed E-state index contributed by atoms with van der Waals surface area (Å²) in [6.07, 6.45) is 2.72. The van der Waals surface area contributed by atoms with E-state index < -0.39 is 5.92 Å². The molecule has 26 heavy (non-hydrogen) atoms. The number of esters is 1. The number of carbonyl (C=O) groups excluding carboxylic acids is 3. The molecule has 2 atom stereocenters. The molecule has 1 aromatic rings. The summed E-state index contributed by atoms with van der Waals surface area (Å²) in [5, 5.41) is 15.1. The molecule has 1 saturated heterocycles. The zero-order chi connectivity index (χ0) is 18.9. The molecule has 0 spiro atoms. The van der Waals surface area contributed by atoms with Gasteiger partial charge in [-0.15, -0.1) is 0 Å².